The zero-order valence-corrected chi connectivity index (χ0v) is 11.2. The number of rotatable bonds is 2. The zero-order valence-electron chi connectivity index (χ0n) is 11.2. The number of fused-ring (bicyclic) bond motifs is 1. The van der Waals surface area contributed by atoms with Crippen LogP contribution in [0.3, 0.4) is 0 Å². The quantitative estimate of drug-likeness (QED) is 0.722. The van der Waals surface area contributed by atoms with Gasteiger partial charge in [-0.2, -0.15) is 15.4 Å². The fourth-order valence-corrected chi connectivity index (χ4v) is 2.69. The summed E-state index contributed by atoms with van der Waals surface area (Å²) in [7, 11) is 0. The predicted molar refractivity (Wildman–Crippen MR) is 74.2 cm³/mol. The molecule has 1 fully saturated rings. The number of aliphatic hydroxyl groups excluding tert-OH is 1. The molecule has 106 valence electrons. The number of carbonyl (C=O) groups is 1. The van der Waals surface area contributed by atoms with Crippen LogP contribution < -0.4 is 5.32 Å². The molecule has 1 heterocycles. The molecular formula is C14H18N4O2. The molecule has 1 amide bonds. The molecular weight excluding hydrogens is 256 g/mol. The van der Waals surface area contributed by atoms with E-state index >= 15 is 0 Å². The fraction of sp³-hybridized carbons (Fsp3) is 0.500. The second kappa shape index (κ2) is 5.58. The van der Waals surface area contributed by atoms with Gasteiger partial charge in [0.25, 0.3) is 5.91 Å². The Labute approximate surface area is 116 Å². The maximum Gasteiger partial charge on any atom is 0.251 e. The Hall–Kier alpha value is -1.95. The van der Waals surface area contributed by atoms with E-state index < -0.39 is 6.10 Å². The number of hydrogen-bond acceptors (Lipinski definition) is 4. The number of benzene rings is 1. The van der Waals surface area contributed by atoms with Crippen LogP contribution in [-0.2, 0) is 0 Å². The molecule has 3 N–H and O–H groups in total. The van der Waals surface area contributed by atoms with E-state index in [-0.39, 0.29) is 11.9 Å². The van der Waals surface area contributed by atoms with Gasteiger partial charge in [0, 0.05) is 5.56 Å². The molecule has 1 aromatic carbocycles. The van der Waals surface area contributed by atoms with Gasteiger partial charge in [0.15, 0.2) is 0 Å². The van der Waals surface area contributed by atoms with Gasteiger partial charge < -0.3 is 10.4 Å². The third kappa shape index (κ3) is 2.65. The lowest BCUT2D eigenvalue weighted by atomic mass is 10.1. The predicted octanol–water partition coefficient (Wildman–Crippen LogP) is 1.38. The first-order valence-electron chi connectivity index (χ1n) is 7.03. The van der Waals surface area contributed by atoms with Gasteiger partial charge in [-0.15, -0.1) is 0 Å². The zero-order chi connectivity index (χ0) is 13.9. The number of hydrogen-bond donors (Lipinski definition) is 3. The number of nitrogens with one attached hydrogen (secondary N) is 2. The molecule has 1 aliphatic carbocycles. The summed E-state index contributed by atoms with van der Waals surface area (Å²) in [5, 5.41) is 23.4. The Bertz CT molecular complexity index is 610. The van der Waals surface area contributed by atoms with E-state index in [0.717, 1.165) is 37.6 Å². The number of carbonyl (C=O) groups excluding carboxylic acids is 1. The first-order valence-corrected chi connectivity index (χ1v) is 7.03. The standard InChI is InChI=1S/C14H18N4O2/c19-13-5-3-1-2-4-11(13)15-14(20)9-6-7-10-12(8-9)17-18-16-10/h6-8,11,13,19H,1-5H2,(H,15,20)(H,16,17,18). The van der Waals surface area contributed by atoms with Crippen LogP contribution in [0.5, 0.6) is 0 Å². The third-order valence-corrected chi connectivity index (χ3v) is 3.87. The topological polar surface area (TPSA) is 90.9 Å². The molecule has 2 atom stereocenters. The molecule has 2 aromatic rings. The van der Waals surface area contributed by atoms with Gasteiger partial charge >= 0.3 is 0 Å². The number of aromatic amines is 1. The van der Waals surface area contributed by atoms with Crippen molar-refractivity contribution in [2.75, 3.05) is 0 Å². The first-order chi connectivity index (χ1) is 9.74. The second-order valence-electron chi connectivity index (χ2n) is 5.31. The lowest BCUT2D eigenvalue weighted by Gasteiger charge is -2.21. The van der Waals surface area contributed by atoms with Crippen LogP contribution in [0.15, 0.2) is 18.2 Å². The fourth-order valence-electron chi connectivity index (χ4n) is 2.69. The summed E-state index contributed by atoms with van der Waals surface area (Å²) >= 11 is 0. The molecule has 6 heteroatoms. The van der Waals surface area contributed by atoms with E-state index in [4.69, 9.17) is 0 Å². The van der Waals surface area contributed by atoms with Crippen molar-refractivity contribution in [2.24, 2.45) is 0 Å². The van der Waals surface area contributed by atoms with Crippen LogP contribution in [0.4, 0.5) is 0 Å². The second-order valence-corrected chi connectivity index (χ2v) is 5.31. The van der Waals surface area contributed by atoms with Gasteiger partial charge in [0.1, 0.15) is 11.0 Å². The average Bonchev–Trinajstić information content (AvgIpc) is 2.83. The minimum absolute atomic E-state index is 0.155. The molecule has 20 heavy (non-hydrogen) atoms. The Morgan fingerprint density at radius 3 is 2.90 bits per heavy atom. The number of aliphatic hydroxyl groups is 1. The van der Waals surface area contributed by atoms with Crippen LogP contribution >= 0.6 is 0 Å². The summed E-state index contributed by atoms with van der Waals surface area (Å²) in [5.74, 6) is -0.166. The normalized spacial score (nSPS) is 23.4. The van der Waals surface area contributed by atoms with Gasteiger partial charge in [-0.3, -0.25) is 4.79 Å². The van der Waals surface area contributed by atoms with Crippen molar-refractivity contribution in [1.82, 2.24) is 20.7 Å². The highest BCUT2D eigenvalue weighted by molar-refractivity contribution is 5.97. The van der Waals surface area contributed by atoms with E-state index in [0.29, 0.717) is 11.1 Å². The summed E-state index contributed by atoms with van der Waals surface area (Å²) in [5.41, 5.74) is 1.94. The van der Waals surface area contributed by atoms with Crippen molar-refractivity contribution in [3.8, 4) is 0 Å². The van der Waals surface area contributed by atoms with Crippen LogP contribution in [0, 0.1) is 0 Å². The molecule has 0 spiro atoms. The summed E-state index contributed by atoms with van der Waals surface area (Å²) in [6, 6.07) is 5.04. The Morgan fingerprint density at radius 1 is 1.20 bits per heavy atom. The van der Waals surface area contributed by atoms with E-state index in [1.807, 2.05) is 0 Å². The Balaban J connectivity index is 1.74. The van der Waals surface area contributed by atoms with Gasteiger partial charge in [-0.25, -0.2) is 0 Å². The highest BCUT2D eigenvalue weighted by atomic mass is 16.3. The van der Waals surface area contributed by atoms with E-state index in [9.17, 15) is 9.90 Å². The maximum atomic E-state index is 12.3. The molecule has 2 unspecified atom stereocenters. The third-order valence-electron chi connectivity index (χ3n) is 3.87. The van der Waals surface area contributed by atoms with Crippen LogP contribution in [-0.4, -0.2) is 38.6 Å². The molecule has 1 aliphatic rings. The molecule has 1 aromatic heterocycles. The summed E-state index contributed by atoms with van der Waals surface area (Å²) in [4.78, 5) is 12.3. The van der Waals surface area contributed by atoms with E-state index in [2.05, 4.69) is 20.7 Å². The minimum Gasteiger partial charge on any atom is -0.391 e. The lowest BCUT2D eigenvalue weighted by Crippen LogP contribution is -2.42. The molecule has 3 rings (SSSR count). The first kappa shape index (κ1) is 13.1. The largest absolute Gasteiger partial charge is 0.391 e. The number of amides is 1. The van der Waals surface area contributed by atoms with Gasteiger partial charge in [-0.05, 0) is 31.0 Å². The highest BCUT2D eigenvalue weighted by Crippen LogP contribution is 2.19. The van der Waals surface area contributed by atoms with Crippen LogP contribution in [0.25, 0.3) is 11.0 Å². The van der Waals surface area contributed by atoms with Crippen molar-refractivity contribution >= 4 is 16.9 Å². The SMILES string of the molecule is O=C(NC1CCCCCC1O)c1ccc2n[nH]nc2c1. The van der Waals surface area contributed by atoms with Gasteiger partial charge in [0.2, 0.25) is 0 Å². The number of nitrogens with zero attached hydrogens (tertiary/aromatic N) is 2. The average molecular weight is 274 g/mol. The lowest BCUT2D eigenvalue weighted by molar-refractivity contribution is 0.0819. The maximum absolute atomic E-state index is 12.3. The smallest absolute Gasteiger partial charge is 0.251 e. The molecule has 0 bridgehead atoms. The molecule has 1 saturated carbocycles. The van der Waals surface area contributed by atoms with Crippen molar-refractivity contribution < 1.29 is 9.90 Å². The van der Waals surface area contributed by atoms with Crippen LogP contribution in [0.2, 0.25) is 0 Å². The monoisotopic (exact) mass is 274 g/mol. The van der Waals surface area contributed by atoms with Crippen LogP contribution in [0.1, 0.15) is 42.5 Å². The minimum atomic E-state index is -0.447. The summed E-state index contributed by atoms with van der Waals surface area (Å²) < 4.78 is 0. The van der Waals surface area contributed by atoms with Gasteiger partial charge in [-0.1, -0.05) is 19.3 Å². The Kier molecular flexibility index (Phi) is 3.64. The molecule has 0 saturated heterocycles. The summed E-state index contributed by atoms with van der Waals surface area (Å²) in [6.45, 7) is 0. The molecule has 0 radical (unpaired) electrons. The molecule has 6 nitrogen and oxygen atoms in total. The van der Waals surface area contributed by atoms with Gasteiger partial charge in [0.05, 0.1) is 12.1 Å². The highest BCUT2D eigenvalue weighted by Gasteiger charge is 2.23. The number of H-pyrrole nitrogens is 1. The molecule has 0 aliphatic heterocycles. The summed E-state index contributed by atoms with van der Waals surface area (Å²) in [6.07, 6.45) is 4.33. The van der Waals surface area contributed by atoms with Crippen molar-refractivity contribution in [1.29, 1.82) is 0 Å². The van der Waals surface area contributed by atoms with E-state index in [1.54, 1.807) is 18.2 Å². The van der Waals surface area contributed by atoms with Crippen molar-refractivity contribution in [2.45, 2.75) is 44.2 Å². The number of aromatic nitrogens is 3. The van der Waals surface area contributed by atoms with Crippen molar-refractivity contribution in [3.05, 3.63) is 23.8 Å². The van der Waals surface area contributed by atoms with Crippen molar-refractivity contribution in [3.63, 3.8) is 0 Å². The Morgan fingerprint density at radius 2 is 2.00 bits per heavy atom. The van der Waals surface area contributed by atoms with E-state index in [1.165, 1.54) is 0 Å².